The minimum Gasteiger partial charge on any atom is -0.367 e. The second kappa shape index (κ2) is 7.80. The van der Waals surface area contributed by atoms with Crippen LogP contribution in [-0.2, 0) is 4.79 Å². The molecular formula is C21H26ClN3OS. The molecule has 1 aliphatic carbocycles. The molecule has 6 heteroatoms. The number of nitrogens with one attached hydrogen (secondary N) is 2. The van der Waals surface area contributed by atoms with Gasteiger partial charge in [0.25, 0.3) is 0 Å². The number of carbonyl (C=O) groups excluding carboxylic acids is 1. The molecule has 4 rings (SSSR count). The third kappa shape index (κ3) is 3.99. The molecule has 2 aromatic rings. The largest absolute Gasteiger partial charge is 0.367 e. The van der Waals surface area contributed by atoms with Gasteiger partial charge in [0.05, 0.1) is 5.92 Å². The number of pyridine rings is 1. The summed E-state index contributed by atoms with van der Waals surface area (Å²) in [5, 5.41) is 11.3. The molecule has 0 aromatic carbocycles. The fraction of sp³-hybridized carbons (Fsp3) is 0.524. The van der Waals surface area contributed by atoms with Crippen molar-refractivity contribution in [1.82, 2.24) is 10.3 Å². The van der Waals surface area contributed by atoms with Crippen LogP contribution in [0.5, 0.6) is 0 Å². The smallest absolute Gasteiger partial charge is 0.225 e. The average molecular weight is 404 g/mol. The molecule has 0 radical (unpaired) electrons. The van der Waals surface area contributed by atoms with Crippen LogP contribution in [0.15, 0.2) is 29.1 Å². The maximum absolute atomic E-state index is 12.7. The highest BCUT2D eigenvalue weighted by atomic mass is 35.5. The van der Waals surface area contributed by atoms with E-state index >= 15 is 0 Å². The van der Waals surface area contributed by atoms with Gasteiger partial charge in [-0.05, 0) is 85.0 Å². The van der Waals surface area contributed by atoms with Gasteiger partial charge < -0.3 is 10.6 Å². The summed E-state index contributed by atoms with van der Waals surface area (Å²) in [6.07, 6.45) is 5.73. The fourth-order valence-electron chi connectivity index (χ4n) is 4.48. The molecule has 2 aliphatic rings. The molecule has 1 aliphatic heterocycles. The van der Waals surface area contributed by atoms with E-state index in [9.17, 15) is 4.79 Å². The molecule has 1 amide bonds. The van der Waals surface area contributed by atoms with Crippen LogP contribution in [0.1, 0.15) is 38.2 Å². The first-order valence-corrected chi connectivity index (χ1v) is 11.1. The lowest BCUT2D eigenvalue weighted by molar-refractivity contribution is -0.130. The molecule has 5 atom stereocenters. The Morgan fingerprint density at radius 1 is 1.33 bits per heavy atom. The van der Waals surface area contributed by atoms with E-state index in [4.69, 9.17) is 11.6 Å². The van der Waals surface area contributed by atoms with Crippen molar-refractivity contribution in [3.63, 3.8) is 0 Å². The number of fused-ring (bicyclic) bond motifs is 1. The van der Waals surface area contributed by atoms with Crippen molar-refractivity contribution in [1.29, 1.82) is 0 Å². The third-order valence-electron chi connectivity index (χ3n) is 6.05. The molecule has 2 aromatic heterocycles. The van der Waals surface area contributed by atoms with Gasteiger partial charge in [0.15, 0.2) is 0 Å². The predicted octanol–water partition coefficient (Wildman–Crippen LogP) is 4.83. The van der Waals surface area contributed by atoms with Crippen molar-refractivity contribution in [2.75, 3.05) is 5.32 Å². The van der Waals surface area contributed by atoms with E-state index in [2.05, 4.69) is 46.3 Å². The summed E-state index contributed by atoms with van der Waals surface area (Å²) in [6.45, 7) is 4.20. The number of anilines is 1. The Labute approximate surface area is 169 Å². The van der Waals surface area contributed by atoms with Gasteiger partial charge >= 0.3 is 0 Å². The SMILES string of the molecule is Cc1cscc1-c1ccnc(N[C@@H](C)C2CC3CC(Cl)CCC3NC2=O)c1. The molecule has 2 fully saturated rings. The number of carbonyl (C=O) groups is 1. The van der Waals surface area contributed by atoms with Crippen LogP contribution in [-0.4, -0.2) is 28.4 Å². The van der Waals surface area contributed by atoms with Crippen molar-refractivity contribution in [2.45, 2.75) is 57.0 Å². The molecule has 27 heavy (non-hydrogen) atoms. The van der Waals surface area contributed by atoms with Crippen molar-refractivity contribution in [3.8, 4) is 11.1 Å². The number of aryl methyl sites for hydroxylation is 1. The summed E-state index contributed by atoms with van der Waals surface area (Å²) >= 11 is 8.08. The molecule has 1 saturated heterocycles. The van der Waals surface area contributed by atoms with Crippen molar-refractivity contribution < 1.29 is 4.79 Å². The maximum Gasteiger partial charge on any atom is 0.225 e. The second-order valence-electron chi connectivity index (χ2n) is 7.96. The summed E-state index contributed by atoms with van der Waals surface area (Å²) in [7, 11) is 0. The van der Waals surface area contributed by atoms with Crippen LogP contribution < -0.4 is 10.6 Å². The first-order valence-electron chi connectivity index (χ1n) is 9.71. The van der Waals surface area contributed by atoms with Crippen LogP contribution in [0.4, 0.5) is 5.82 Å². The molecule has 0 bridgehead atoms. The lowest BCUT2D eigenvalue weighted by Gasteiger charge is -2.42. The zero-order chi connectivity index (χ0) is 19.0. The van der Waals surface area contributed by atoms with E-state index in [1.54, 1.807) is 11.3 Å². The lowest BCUT2D eigenvalue weighted by Crippen LogP contribution is -2.55. The minimum atomic E-state index is -0.0541. The van der Waals surface area contributed by atoms with Gasteiger partial charge in [0.2, 0.25) is 5.91 Å². The van der Waals surface area contributed by atoms with Gasteiger partial charge in [0.1, 0.15) is 5.82 Å². The molecular weight excluding hydrogens is 378 g/mol. The highest BCUT2D eigenvalue weighted by molar-refractivity contribution is 7.08. The Hall–Kier alpha value is -1.59. The van der Waals surface area contributed by atoms with Crippen LogP contribution >= 0.6 is 22.9 Å². The summed E-state index contributed by atoms with van der Waals surface area (Å²) in [5.74, 6) is 1.41. The van der Waals surface area contributed by atoms with Gasteiger partial charge in [-0.15, -0.1) is 11.6 Å². The summed E-state index contributed by atoms with van der Waals surface area (Å²) < 4.78 is 0. The topological polar surface area (TPSA) is 54.0 Å². The van der Waals surface area contributed by atoms with Crippen LogP contribution in [0.3, 0.4) is 0 Å². The zero-order valence-electron chi connectivity index (χ0n) is 15.7. The number of piperidine rings is 1. The van der Waals surface area contributed by atoms with E-state index in [1.165, 1.54) is 11.1 Å². The molecule has 4 unspecified atom stereocenters. The Bertz CT molecular complexity index is 823. The Morgan fingerprint density at radius 3 is 2.96 bits per heavy atom. The highest BCUT2D eigenvalue weighted by Gasteiger charge is 2.40. The Morgan fingerprint density at radius 2 is 2.19 bits per heavy atom. The number of rotatable bonds is 4. The number of hydrogen-bond donors (Lipinski definition) is 2. The van der Waals surface area contributed by atoms with Gasteiger partial charge in [-0.2, -0.15) is 11.3 Å². The summed E-state index contributed by atoms with van der Waals surface area (Å²) in [5.41, 5.74) is 3.67. The number of nitrogens with zero attached hydrogens (tertiary/aromatic N) is 1. The van der Waals surface area contributed by atoms with Crippen molar-refractivity contribution in [2.24, 2.45) is 11.8 Å². The predicted molar refractivity (Wildman–Crippen MR) is 112 cm³/mol. The molecule has 3 heterocycles. The van der Waals surface area contributed by atoms with Gasteiger partial charge in [-0.25, -0.2) is 4.98 Å². The Balaban J connectivity index is 1.46. The van der Waals surface area contributed by atoms with Crippen LogP contribution in [0, 0.1) is 18.8 Å². The van der Waals surface area contributed by atoms with Crippen LogP contribution in [0.25, 0.3) is 11.1 Å². The average Bonchev–Trinajstić information content (AvgIpc) is 3.07. The maximum atomic E-state index is 12.7. The first kappa shape index (κ1) is 18.8. The third-order valence-corrected chi connectivity index (χ3v) is 7.30. The monoisotopic (exact) mass is 403 g/mol. The van der Waals surface area contributed by atoms with Crippen molar-refractivity contribution in [3.05, 3.63) is 34.7 Å². The van der Waals surface area contributed by atoms with Crippen molar-refractivity contribution >= 4 is 34.7 Å². The number of alkyl halides is 1. The normalized spacial score (nSPS) is 28.9. The van der Waals surface area contributed by atoms with Gasteiger partial charge in [-0.3, -0.25) is 4.79 Å². The molecule has 4 nitrogen and oxygen atoms in total. The number of thiophene rings is 1. The van der Waals surface area contributed by atoms with E-state index in [0.717, 1.165) is 37.1 Å². The minimum absolute atomic E-state index is 0.0213. The number of aromatic nitrogens is 1. The summed E-state index contributed by atoms with van der Waals surface area (Å²) in [6, 6.07) is 4.43. The fourth-order valence-corrected chi connectivity index (χ4v) is 5.69. The zero-order valence-corrected chi connectivity index (χ0v) is 17.3. The standard InChI is InChI=1S/C21H26ClN3OS/c1-12-10-27-11-18(12)14-5-6-23-20(9-14)24-13(2)17-8-15-7-16(22)3-4-19(15)25-21(17)26/h5-6,9-11,13,15-17,19H,3-4,7-8H2,1-2H3,(H,23,24)(H,25,26)/t13-,15?,16?,17?,19?/m0/s1. The van der Waals surface area contributed by atoms with E-state index in [-0.39, 0.29) is 23.2 Å². The number of halogens is 1. The highest BCUT2D eigenvalue weighted by Crippen LogP contribution is 2.37. The molecule has 1 saturated carbocycles. The quantitative estimate of drug-likeness (QED) is 0.719. The van der Waals surface area contributed by atoms with E-state index in [1.807, 2.05) is 12.3 Å². The number of amides is 1. The molecule has 144 valence electrons. The number of hydrogen-bond acceptors (Lipinski definition) is 4. The van der Waals surface area contributed by atoms with E-state index in [0.29, 0.717) is 12.0 Å². The molecule has 2 N–H and O–H groups in total. The lowest BCUT2D eigenvalue weighted by atomic mass is 9.74. The van der Waals surface area contributed by atoms with Crippen LogP contribution in [0.2, 0.25) is 0 Å². The molecule has 0 spiro atoms. The first-order chi connectivity index (χ1) is 13.0. The van der Waals surface area contributed by atoms with Gasteiger partial charge in [-0.1, -0.05) is 0 Å². The Kier molecular flexibility index (Phi) is 5.42. The second-order valence-corrected chi connectivity index (χ2v) is 9.32. The van der Waals surface area contributed by atoms with E-state index < -0.39 is 0 Å². The van der Waals surface area contributed by atoms with Gasteiger partial charge in [0, 0.05) is 23.7 Å². The summed E-state index contributed by atoms with van der Waals surface area (Å²) in [4.78, 5) is 17.1.